The smallest absolute Gasteiger partial charge is 0.238 e. The van der Waals surface area contributed by atoms with Gasteiger partial charge >= 0.3 is 0 Å². The second-order valence-corrected chi connectivity index (χ2v) is 8.38. The van der Waals surface area contributed by atoms with Gasteiger partial charge in [0.25, 0.3) is 0 Å². The Labute approximate surface area is 207 Å². The van der Waals surface area contributed by atoms with Gasteiger partial charge in [0, 0.05) is 18.3 Å². The Bertz CT molecular complexity index is 1170. The van der Waals surface area contributed by atoms with Gasteiger partial charge in [0.1, 0.15) is 5.92 Å². The van der Waals surface area contributed by atoms with Crippen molar-refractivity contribution in [1.82, 2.24) is 5.32 Å². The fraction of sp³-hybridized carbons (Fsp3) is 0.310. The van der Waals surface area contributed by atoms with Crippen LogP contribution in [0.25, 0.3) is 0 Å². The SMILES string of the molecule is CCCNCc1ccc(N=C(c2ccccc2)C2C(=O)Nc3cc(OCC)c(OCC)cc32)cc1. The normalized spacial score (nSPS) is 15.0. The van der Waals surface area contributed by atoms with Crippen molar-refractivity contribution in [3.63, 3.8) is 0 Å². The van der Waals surface area contributed by atoms with Gasteiger partial charge in [-0.1, -0.05) is 49.4 Å². The number of nitrogens with one attached hydrogen (secondary N) is 2. The molecular weight excluding hydrogens is 438 g/mol. The fourth-order valence-corrected chi connectivity index (χ4v) is 4.22. The first-order valence-electron chi connectivity index (χ1n) is 12.3. The predicted molar refractivity (Wildman–Crippen MR) is 141 cm³/mol. The molecule has 1 unspecified atom stereocenters. The summed E-state index contributed by atoms with van der Waals surface area (Å²) < 4.78 is 11.6. The largest absolute Gasteiger partial charge is 0.490 e. The summed E-state index contributed by atoms with van der Waals surface area (Å²) in [5, 5.41) is 6.44. The molecule has 0 spiro atoms. The fourth-order valence-electron chi connectivity index (χ4n) is 4.22. The lowest BCUT2D eigenvalue weighted by Crippen LogP contribution is -2.22. The average Bonchev–Trinajstić information content (AvgIpc) is 3.19. The zero-order chi connectivity index (χ0) is 24.6. The third kappa shape index (κ3) is 5.72. The van der Waals surface area contributed by atoms with E-state index in [-0.39, 0.29) is 5.91 Å². The third-order valence-corrected chi connectivity index (χ3v) is 5.83. The van der Waals surface area contributed by atoms with Crippen LogP contribution >= 0.6 is 0 Å². The Morgan fingerprint density at radius 2 is 1.63 bits per heavy atom. The first-order chi connectivity index (χ1) is 17.1. The molecule has 2 N–H and O–H groups in total. The molecule has 0 aromatic heterocycles. The van der Waals surface area contributed by atoms with Crippen LogP contribution in [0.2, 0.25) is 0 Å². The van der Waals surface area contributed by atoms with Crippen LogP contribution in [0, 0.1) is 0 Å². The lowest BCUT2D eigenvalue weighted by molar-refractivity contribution is -0.115. The summed E-state index contributed by atoms with van der Waals surface area (Å²) in [5.41, 5.74) is 5.18. The number of carbonyl (C=O) groups is 1. The van der Waals surface area contributed by atoms with Crippen LogP contribution < -0.4 is 20.1 Å². The minimum Gasteiger partial charge on any atom is -0.490 e. The van der Waals surface area contributed by atoms with E-state index in [1.807, 2.05) is 68.4 Å². The highest BCUT2D eigenvalue weighted by Crippen LogP contribution is 2.43. The summed E-state index contributed by atoms with van der Waals surface area (Å²) in [6.45, 7) is 8.84. The summed E-state index contributed by atoms with van der Waals surface area (Å²) in [4.78, 5) is 18.3. The highest BCUT2D eigenvalue weighted by Gasteiger charge is 2.36. The number of hydrogen-bond acceptors (Lipinski definition) is 5. The maximum absolute atomic E-state index is 13.3. The van der Waals surface area contributed by atoms with E-state index in [1.54, 1.807) is 0 Å². The first kappa shape index (κ1) is 24.5. The number of hydrogen-bond donors (Lipinski definition) is 2. The molecule has 6 heteroatoms. The molecule has 6 nitrogen and oxygen atoms in total. The molecule has 1 aliphatic heterocycles. The molecule has 1 amide bonds. The molecule has 182 valence electrons. The Morgan fingerprint density at radius 3 is 2.29 bits per heavy atom. The number of carbonyl (C=O) groups excluding carboxylic acids is 1. The molecule has 4 rings (SSSR count). The molecule has 3 aromatic carbocycles. The lowest BCUT2D eigenvalue weighted by atomic mass is 9.90. The van der Waals surface area contributed by atoms with Crippen molar-refractivity contribution in [1.29, 1.82) is 0 Å². The van der Waals surface area contributed by atoms with Gasteiger partial charge in [-0.2, -0.15) is 0 Å². The number of rotatable bonds is 11. The van der Waals surface area contributed by atoms with Gasteiger partial charge in [0.2, 0.25) is 5.91 Å². The number of benzene rings is 3. The maximum Gasteiger partial charge on any atom is 0.238 e. The molecule has 0 saturated carbocycles. The van der Waals surface area contributed by atoms with Crippen LogP contribution in [0.5, 0.6) is 11.5 Å². The Hall–Kier alpha value is -3.64. The summed E-state index contributed by atoms with van der Waals surface area (Å²) >= 11 is 0. The van der Waals surface area contributed by atoms with Crippen molar-refractivity contribution >= 4 is 23.0 Å². The number of fused-ring (bicyclic) bond motifs is 1. The van der Waals surface area contributed by atoms with Gasteiger partial charge in [-0.05, 0) is 61.7 Å². The van der Waals surface area contributed by atoms with Gasteiger partial charge in [-0.25, -0.2) is 0 Å². The highest BCUT2D eigenvalue weighted by molar-refractivity contribution is 6.24. The molecule has 1 atom stereocenters. The van der Waals surface area contributed by atoms with Crippen LogP contribution in [0.15, 0.2) is 71.7 Å². The number of aliphatic imine (C=N–C) groups is 1. The zero-order valence-electron chi connectivity index (χ0n) is 20.6. The van der Waals surface area contributed by atoms with Gasteiger partial charge in [-0.15, -0.1) is 0 Å². The second kappa shape index (κ2) is 11.7. The van der Waals surface area contributed by atoms with Gasteiger partial charge in [0.15, 0.2) is 11.5 Å². The molecule has 0 bridgehead atoms. The van der Waals surface area contributed by atoms with E-state index < -0.39 is 5.92 Å². The molecule has 1 heterocycles. The monoisotopic (exact) mass is 471 g/mol. The predicted octanol–water partition coefficient (Wildman–Crippen LogP) is 5.84. The Balaban J connectivity index is 1.75. The molecule has 0 saturated heterocycles. The standard InChI is InChI=1S/C29H33N3O3/c1-4-16-30-19-20-12-14-22(15-13-20)31-28(21-10-8-7-9-11-21)27-23-17-25(34-5-2)26(35-6-3)18-24(23)32-29(27)33/h7-15,17-18,27,30H,4-6,16,19H2,1-3H3,(H,32,33). The maximum atomic E-state index is 13.3. The molecule has 0 aliphatic carbocycles. The molecule has 35 heavy (non-hydrogen) atoms. The minimum absolute atomic E-state index is 0.112. The van der Waals surface area contributed by atoms with Gasteiger partial charge in [-0.3, -0.25) is 9.79 Å². The highest BCUT2D eigenvalue weighted by atomic mass is 16.5. The molecule has 3 aromatic rings. The van der Waals surface area contributed by atoms with Crippen molar-refractivity contribution in [3.05, 3.63) is 83.4 Å². The first-order valence-corrected chi connectivity index (χ1v) is 12.3. The number of anilines is 1. The Kier molecular flexibility index (Phi) is 8.16. The van der Waals surface area contributed by atoms with Crippen molar-refractivity contribution < 1.29 is 14.3 Å². The van der Waals surface area contributed by atoms with E-state index in [1.165, 1.54) is 5.56 Å². The minimum atomic E-state index is -0.562. The Morgan fingerprint density at radius 1 is 0.943 bits per heavy atom. The van der Waals surface area contributed by atoms with E-state index in [0.717, 1.165) is 42.0 Å². The zero-order valence-corrected chi connectivity index (χ0v) is 20.6. The van der Waals surface area contributed by atoms with Crippen molar-refractivity contribution in [2.45, 2.75) is 39.7 Å². The van der Waals surface area contributed by atoms with Gasteiger partial charge in [0.05, 0.1) is 24.6 Å². The molecular formula is C29H33N3O3. The van der Waals surface area contributed by atoms with E-state index in [2.05, 4.69) is 29.7 Å². The van der Waals surface area contributed by atoms with E-state index in [4.69, 9.17) is 14.5 Å². The van der Waals surface area contributed by atoms with Crippen molar-refractivity contribution in [2.75, 3.05) is 25.1 Å². The van der Waals surface area contributed by atoms with Crippen LogP contribution in [0.3, 0.4) is 0 Å². The number of nitrogens with zero attached hydrogens (tertiary/aromatic N) is 1. The summed E-state index contributed by atoms with van der Waals surface area (Å²) in [5.74, 6) is 0.581. The topological polar surface area (TPSA) is 72.0 Å². The van der Waals surface area contributed by atoms with Crippen LogP contribution in [0.4, 0.5) is 11.4 Å². The molecule has 1 aliphatic rings. The van der Waals surface area contributed by atoms with Gasteiger partial charge < -0.3 is 20.1 Å². The average molecular weight is 472 g/mol. The molecule has 0 fully saturated rings. The van der Waals surface area contributed by atoms with Crippen LogP contribution in [0.1, 0.15) is 49.8 Å². The summed E-state index contributed by atoms with van der Waals surface area (Å²) in [6.07, 6.45) is 1.10. The van der Waals surface area contributed by atoms with E-state index in [0.29, 0.717) is 30.4 Å². The van der Waals surface area contributed by atoms with Crippen LogP contribution in [-0.2, 0) is 11.3 Å². The summed E-state index contributed by atoms with van der Waals surface area (Å²) in [6, 6.07) is 21.8. The summed E-state index contributed by atoms with van der Waals surface area (Å²) in [7, 11) is 0. The van der Waals surface area contributed by atoms with Crippen molar-refractivity contribution in [2.24, 2.45) is 4.99 Å². The lowest BCUT2D eigenvalue weighted by Gasteiger charge is -2.16. The molecule has 0 radical (unpaired) electrons. The quantitative estimate of drug-likeness (QED) is 0.272. The number of ether oxygens (including phenoxy) is 2. The third-order valence-electron chi connectivity index (χ3n) is 5.83. The second-order valence-electron chi connectivity index (χ2n) is 8.38. The van der Waals surface area contributed by atoms with Crippen molar-refractivity contribution in [3.8, 4) is 11.5 Å². The van der Waals surface area contributed by atoms with E-state index >= 15 is 0 Å². The van der Waals surface area contributed by atoms with E-state index in [9.17, 15) is 4.79 Å². The number of amides is 1. The van der Waals surface area contributed by atoms with Crippen LogP contribution in [-0.4, -0.2) is 31.4 Å².